The van der Waals surface area contributed by atoms with Crippen LogP contribution in [0.1, 0.15) is 41.7 Å². The zero-order valence-corrected chi connectivity index (χ0v) is 14.5. The molecule has 2 fully saturated rings. The van der Waals surface area contributed by atoms with Crippen LogP contribution in [-0.2, 0) is 0 Å². The minimum atomic E-state index is 0.180. The third kappa shape index (κ3) is 2.59. The first-order valence-electron chi connectivity index (χ1n) is 9.03. The zero-order valence-electron chi connectivity index (χ0n) is 14.5. The van der Waals surface area contributed by atoms with Gasteiger partial charge in [-0.2, -0.15) is 0 Å². The predicted octanol–water partition coefficient (Wildman–Crippen LogP) is 3.24. The number of rotatable bonds is 2. The van der Waals surface area contributed by atoms with Crippen LogP contribution in [0.3, 0.4) is 0 Å². The Hall–Kier alpha value is -1.94. The average molecular weight is 323 g/mol. The summed E-state index contributed by atoms with van der Waals surface area (Å²) in [7, 11) is 2.20. The van der Waals surface area contributed by atoms with Crippen LogP contribution >= 0.6 is 0 Å². The van der Waals surface area contributed by atoms with Crippen LogP contribution in [0.25, 0.3) is 10.9 Å². The smallest absolute Gasteiger partial charge is 0.254 e. The fraction of sp³-hybridized carbons (Fsp3) is 0.500. The third-order valence-corrected chi connectivity index (χ3v) is 5.66. The Balaban J connectivity index is 1.70. The number of para-hydroxylation sites is 1. The molecule has 1 aromatic heterocycles. The van der Waals surface area contributed by atoms with E-state index in [9.17, 15) is 4.79 Å². The summed E-state index contributed by atoms with van der Waals surface area (Å²) < 4.78 is 0. The lowest BCUT2D eigenvalue weighted by Gasteiger charge is -2.33. The molecule has 4 rings (SSSR count). The summed E-state index contributed by atoms with van der Waals surface area (Å²) in [6, 6.07) is 10.8. The van der Waals surface area contributed by atoms with Crippen molar-refractivity contribution in [2.24, 2.45) is 0 Å². The number of aromatic nitrogens is 1. The van der Waals surface area contributed by atoms with Gasteiger partial charge in [0.25, 0.3) is 5.91 Å². The number of amides is 1. The summed E-state index contributed by atoms with van der Waals surface area (Å²) in [5, 5.41) is 0.971. The van der Waals surface area contributed by atoms with Crippen LogP contribution in [0.5, 0.6) is 0 Å². The number of hydrogen-bond acceptors (Lipinski definition) is 3. The second-order valence-corrected chi connectivity index (χ2v) is 7.23. The maximum atomic E-state index is 13.4. The van der Waals surface area contributed by atoms with E-state index in [4.69, 9.17) is 0 Å². The number of pyridine rings is 1. The lowest BCUT2D eigenvalue weighted by atomic mass is 10.0. The van der Waals surface area contributed by atoms with Crippen molar-refractivity contribution < 1.29 is 4.79 Å². The first-order chi connectivity index (χ1) is 11.6. The Morgan fingerprint density at radius 1 is 1.12 bits per heavy atom. The molecule has 0 radical (unpaired) electrons. The topological polar surface area (TPSA) is 36.4 Å². The second-order valence-electron chi connectivity index (χ2n) is 7.23. The number of aryl methyl sites for hydroxylation is 1. The number of likely N-dealkylation sites (tertiary alicyclic amines) is 2. The summed E-state index contributed by atoms with van der Waals surface area (Å²) in [6.45, 7) is 4.00. The predicted molar refractivity (Wildman–Crippen MR) is 96.2 cm³/mol. The molecule has 2 aliphatic rings. The van der Waals surface area contributed by atoms with Crippen LogP contribution < -0.4 is 0 Å². The quantitative estimate of drug-likeness (QED) is 0.851. The highest BCUT2D eigenvalue weighted by Gasteiger charge is 2.38. The van der Waals surface area contributed by atoms with Gasteiger partial charge in [0.05, 0.1) is 11.1 Å². The van der Waals surface area contributed by atoms with Crippen molar-refractivity contribution >= 4 is 16.8 Å². The van der Waals surface area contributed by atoms with E-state index in [1.54, 1.807) is 0 Å². The van der Waals surface area contributed by atoms with Gasteiger partial charge in [-0.3, -0.25) is 9.78 Å². The summed E-state index contributed by atoms with van der Waals surface area (Å²) in [6.07, 6.45) is 4.70. The van der Waals surface area contributed by atoms with E-state index in [-0.39, 0.29) is 5.91 Å². The lowest BCUT2D eigenvalue weighted by molar-refractivity contribution is 0.0666. The number of nitrogens with zero attached hydrogens (tertiary/aromatic N) is 3. The van der Waals surface area contributed by atoms with Gasteiger partial charge in [0.15, 0.2) is 0 Å². The van der Waals surface area contributed by atoms with Crippen molar-refractivity contribution in [1.29, 1.82) is 0 Å². The number of hydrogen-bond donors (Lipinski definition) is 0. The van der Waals surface area contributed by atoms with E-state index >= 15 is 0 Å². The molecule has 0 saturated carbocycles. The van der Waals surface area contributed by atoms with Crippen molar-refractivity contribution in [3.63, 3.8) is 0 Å². The number of carbonyl (C=O) groups is 1. The van der Waals surface area contributed by atoms with E-state index in [0.29, 0.717) is 12.1 Å². The second kappa shape index (κ2) is 6.17. The normalized spacial score (nSPS) is 24.8. The molecule has 2 aromatic rings. The van der Waals surface area contributed by atoms with E-state index in [0.717, 1.165) is 48.1 Å². The van der Waals surface area contributed by atoms with Crippen LogP contribution in [-0.4, -0.2) is 52.9 Å². The number of carbonyl (C=O) groups excluding carboxylic acids is 1. The Morgan fingerprint density at radius 2 is 1.88 bits per heavy atom. The zero-order chi connectivity index (χ0) is 16.7. The first-order valence-corrected chi connectivity index (χ1v) is 9.03. The Kier molecular flexibility index (Phi) is 4.01. The highest BCUT2D eigenvalue weighted by molar-refractivity contribution is 6.06. The fourth-order valence-electron chi connectivity index (χ4n) is 4.51. The molecule has 2 atom stereocenters. The van der Waals surface area contributed by atoms with Crippen LogP contribution in [0, 0.1) is 6.92 Å². The van der Waals surface area contributed by atoms with Crippen LogP contribution in [0.4, 0.5) is 0 Å². The molecule has 126 valence electrons. The molecule has 24 heavy (non-hydrogen) atoms. The maximum Gasteiger partial charge on any atom is 0.254 e. The fourth-order valence-corrected chi connectivity index (χ4v) is 4.51. The molecule has 1 amide bonds. The molecule has 0 aliphatic carbocycles. The molecule has 0 N–H and O–H groups in total. The third-order valence-electron chi connectivity index (χ3n) is 5.66. The molecule has 4 nitrogen and oxygen atoms in total. The standard InChI is InChI=1S/C20H25N3O/c1-14-13-16(15-7-3-4-8-17(15)21-14)20(24)23-12-6-10-19(23)18-9-5-11-22(18)2/h3-4,7-8,13,18-19H,5-6,9-12H2,1-2H3/t18-,19-/m0/s1. The molecule has 3 heterocycles. The molecular formula is C20H25N3O. The summed E-state index contributed by atoms with van der Waals surface area (Å²) in [5.74, 6) is 0.180. The van der Waals surface area contributed by atoms with Gasteiger partial charge >= 0.3 is 0 Å². The first kappa shape index (κ1) is 15.6. The highest BCUT2D eigenvalue weighted by atomic mass is 16.2. The van der Waals surface area contributed by atoms with Crippen molar-refractivity contribution in [3.8, 4) is 0 Å². The molecule has 1 aromatic carbocycles. The van der Waals surface area contributed by atoms with E-state index in [1.807, 2.05) is 37.3 Å². The van der Waals surface area contributed by atoms with Crippen molar-refractivity contribution in [2.75, 3.05) is 20.1 Å². The molecule has 2 aliphatic heterocycles. The van der Waals surface area contributed by atoms with Gasteiger partial charge in [-0.25, -0.2) is 0 Å². The molecule has 0 spiro atoms. The summed E-state index contributed by atoms with van der Waals surface area (Å²) >= 11 is 0. The average Bonchev–Trinajstić information content (AvgIpc) is 3.21. The van der Waals surface area contributed by atoms with Crippen molar-refractivity contribution in [3.05, 3.63) is 41.6 Å². The Labute approximate surface area is 143 Å². The van der Waals surface area contributed by atoms with Gasteiger partial charge in [0.2, 0.25) is 0 Å². The Morgan fingerprint density at radius 3 is 2.67 bits per heavy atom. The maximum absolute atomic E-state index is 13.4. The van der Waals surface area contributed by atoms with Crippen LogP contribution in [0.2, 0.25) is 0 Å². The number of likely N-dealkylation sites (N-methyl/N-ethyl adjacent to an activating group) is 1. The molecule has 0 unspecified atom stereocenters. The minimum Gasteiger partial charge on any atom is -0.334 e. The SMILES string of the molecule is Cc1cc(C(=O)N2CCC[C@H]2[C@@H]2CCCN2C)c2ccccc2n1. The van der Waals surface area contributed by atoms with Gasteiger partial charge in [0.1, 0.15) is 0 Å². The van der Waals surface area contributed by atoms with E-state index in [1.165, 1.54) is 12.8 Å². The lowest BCUT2D eigenvalue weighted by Crippen LogP contribution is -2.47. The summed E-state index contributed by atoms with van der Waals surface area (Å²) in [5.41, 5.74) is 2.63. The summed E-state index contributed by atoms with van der Waals surface area (Å²) in [4.78, 5) is 22.5. The van der Waals surface area contributed by atoms with Gasteiger partial charge in [-0.15, -0.1) is 0 Å². The van der Waals surface area contributed by atoms with Gasteiger partial charge in [0, 0.05) is 29.7 Å². The monoisotopic (exact) mass is 323 g/mol. The van der Waals surface area contributed by atoms with E-state index < -0.39 is 0 Å². The van der Waals surface area contributed by atoms with Gasteiger partial charge in [-0.1, -0.05) is 18.2 Å². The molecule has 4 heteroatoms. The molecule has 0 bridgehead atoms. The van der Waals surface area contributed by atoms with Gasteiger partial charge < -0.3 is 9.80 Å². The van der Waals surface area contributed by atoms with E-state index in [2.05, 4.69) is 21.8 Å². The minimum absolute atomic E-state index is 0.180. The van der Waals surface area contributed by atoms with Crippen molar-refractivity contribution in [1.82, 2.24) is 14.8 Å². The molecular weight excluding hydrogens is 298 g/mol. The number of benzene rings is 1. The number of fused-ring (bicyclic) bond motifs is 1. The van der Waals surface area contributed by atoms with Gasteiger partial charge in [-0.05, 0) is 58.3 Å². The highest BCUT2D eigenvalue weighted by Crippen LogP contribution is 2.31. The van der Waals surface area contributed by atoms with Crippen molar-refractivity contribution in [2.45, 2.75) is 44.7 Å². The van der Waals surface area contributed by atoms with Crippen LogP contribution in [0.15, 0.2) is 30.3 Å². The Bertz CT molecular complexity index is 773. The molecule has 2 saturated heterocycles. The largest absolute Gasteiger partial charge is 0.334 e.